The number of hydrogen-bond acceptors (Lipinski definition) is 6. The Labute approximate surface area is 200 Å². The molecule has 0 unspecified atom stereocenters. The van der Waals surface area contributed by atoms with Crippen molar-refractivity contribution in [3.8, 4) is 5.75 Å². The van der Waals surface area contributed by atoms with E-state index in [9.17, 15) is 20.0 Å². The minimum atomic E-state index is -1.23. The van der Waals surface area contributed by atoms with E-state index in [1.165, 1.54) is 23.4 Å². The number of hydrazone groups is 1. The van der Waals surface area contributed by atoms with Crippen LogP contribution in [0.5, 0.6) is 5.75 Å². The lowest BCUT2D eigenvalue weighted by atomic mass is 9.95. The van der Waals surface area contributed by atoms with E-state index in [1.54, 1.807) is 55.5 Å². The number of phenols is 1. The normalized spacial score (nSPS) is 17.8. The lowest BCUT2D eigenvalue weighted by molar-refractivity contribution is -0.385. The Morgan fingerprint density at radius 3 is 2.66 bits per heavy atom. The Balaban J connectivity index is 1.86. The summed E-state index contributed by atoms with van der Waals surface area (Å²) in [4.78, 5) is 24.3. The van der Waals surface area contributed by atoms with Crippen molar-refractivity contribution in [3.05, 3.63) is 96.4 Å². The van der Waals surface area contributed by atoms with Crippen LogP contribution in [0.2, 0.25) is 0 Å². The molecule has 1 atom stereocenters. The maximum Gasteiger partial charge on any atom is 0.278 e. The number of nitro groups is 1. The summed E-state index contributed by atoms with van der Waals surface area (Å²) in [7, 11) is 0. The van der Waals surface area contributed by atoms with Gasteiger partial charge in [0.1, 0.15) is 5.75 Å². The van der Waals surface area contributed by atoms with E-state index < -0.39 is 16.5 Å². The second-order valence-electron chi connectivity index (χ2n) is 7.24. The predicted molar refractivity (Wildman–Crippen MR) is 128 cm³/mol. The molecule has 2 N–H and O–H groups in total. The minimum absolute atomic E-state index is 0.0354. The average Bonchev–Trinajstić information content (AvgIpc) is 2.76. The van der Waals surface area contributed by atoms with Gasteiger partial charge in [-0.15, -0.1) is 0 Å². The van der Waals surface area contributed by atoms with E-state index in [1.807, 2.05) is 0 Å². The molecule has 0 saturated heterocycles. The maximum atomic E-state index is 13.4. The van der Waals surface area contributed by atoms with Gasteiger partial charge in [0, 0.05) is 33.4 Å². The number of fused-ring (bicyclic) bond motifs is 1. The highest BCUT2D eigenvalue weighted by Gasteiger charge is 2.43. The van der Waals surface area contributed by atoms with Gasteiger partial charge in [-0.2, -0.15) is 10.1 Å². The lowest BCUT2D eigenvalue weighted by Gasteiger charge is -2.43. The summed E-state index contributed by atoms with van der Waals surface area (Å²) in [5, 5.41) is 30.6. The molecule has 0 radical (unpaired) electrons. The molecule has 0 fully saturated rings. The summed E-state index contributed by atoms with van der Waals surface area (Å²) in [5.41, 5.74) is 0.519. The first-order chi connectivity index (χ1) is 15.2. The number of carbonyl (C=O) groups excluding carboxylic acids is 1. The van der Waals surface area contributed by atoms with Gasteiger partial charge in [0.25, 0.3) is 11.6 Å². The Morgan fingerprint density at radius 2 is 1.91 bits per heavy atom. The number of hydrogen-bond donors (Lipinski definition) is 2. The minimum Gasteiger partial charge on any atom is -0.506 e. The van der Waals surface area contributed by atoms with E-state index in [4.69, 9.17) is 0 Å². The van der Waals surface area contributed by atoms with Crippen LogP contribution in [0.4, 0.5) is 11.4 Å². The Hall–Kier alpha value is -3.24. The third-order valence-corrected chi connectivity index (χ3v) is 6.20. The summed E-state index contributed by atoms with van der Waals surface area (Å²) in [6, 6.07) is 16.4. The fourth-order valence-corrected chi connectivity index (χ4v) is 4.76. The van der Waals surface area contributed by atoms with Crippen LogP contribution in [-0.4, -0.2) is 27.2 Å². The number of aromatic hydroxyl groups is 1. The van der Waals surface area contributed by atoms with Crippen LogP contribution in [0.25, 0.3) is 0 Å². The van der Waals surface area contributed by atoms with Crippen molar-refractivity contribution >= 4 is 55.4 Å². The number of halogens is 2. The molecule has 1 aliphatic rings. The van der Waals surface area contributed by atoms with E-state index in [0.717, 1.165) is 0 Å². The van der Waals surface area contributed by atoms with Crippen molar-refractivity contribution in [2.75, 3.05) is 5.32 Å². The van der Waals surface area contributed by atoms with Gasteiger partial charge in [-0.25, -0.2) is 0 Å². The number of carbonyl (C=O) groups is 1. The van der Waals surface area contributed by atoms with Crippen LogP contribution in [0.1, 0.15) is 28.4 Å². The van der Waals surface area contributed by atoms with Crippen molar-refractivity contribution in [2.24, 2.45) is 5.10 Å². The highest BCUT2D eigenvalue weighted by atomic mass is 79.9. The highest BCUT2D eigenvalue weighted by Crippen LogP contribution is 2.39. The molecule has 1 aliphatic heterocycles. The van der Waals surface area contributed by atoms with Crippen molar-refractivity contribution in [2.45, 2.75) is 12.6 Å². The first-order valence-corrected chi connectivity index (χ1v) is 11.0. The molecule has 162 valence electrons. The number of nitrogens with zero attached hydrogens (tertiary/aromatic N) is 3. The third kappa shape index (κ3) is 3.87. The summed E-state index contributed by atoms with van der Waals surface area (Å²) < 4.78 is 1.17. The van der Waals surface area contributed by atoms with Crippen molar-refractivity contribution in [1.29, 1.82) is 0 Å². The molecule has 10 heteroatoms. The van der Waals surface area contributed by atoms with Gasteiger partial charge in [0.05, 0.1) is 21.2 Å². The predicted octanol–water partition coefficient (Wildman–Crippen LogP) is 5.60. The third-order valence-electron chi connectivity index (χ3n) is 5.14. The molecule has 8 nitrogen and oxygen atoms in total. The molecule has 0 bridgehead atoms. The molecular formula is C22H16Br2N4O4. The SMILES string of the molecule is C[C@]1(c2cccc([N+](=O)[O-])c2)Nc2ccccc2C(=O)N1/N=C\c1cc(Br)cc(Br)c1O. The van der Waals surface area contributed by atoms with Gasteiger partial charge < -0.3 is 10.4 Å². The quantitative estimate of drug-likeness (QED) is 0.246. The second-order valence-corrected chi connectivity index (χ2v) is 9.01. The fourth-order valence-electron chi connectivity index (χ4n) is 3.50. The van der Waals surface area contributed by atoms with Crippen LogP contribution in [0.3, 0.4) is 0 Å². The Bertz CT molecular complexity index is 1280. The number of anilines is 1. The topological polar surface area (TPSA) is 108 Å². The number of benzene rings is 3. The van der Waals surface area contributed by atoms with Crippen molar-refractivity contribution < 1.29 is 14.8 Å². The molecule has 0 aromatic heterocycles. The molecule has 0 spiro atoms. The van der Waals surface area contributed by atoms with Crippen LogP contribution in [0.15, 0.2) is 74.7 Å². The number of rotatable bonds is 4. The maximum absolute atomic E-state index is 13.4. The number of amides is 1. The van der Waals surface area contributed by atoms with Gasteiger partial charge in [-0.3, -0.25) is 14.9 Å². The molecule has 1 amide bonds. The van der Waals surface area contributed by atoms with Gasteiger partial charge >= 0.3 is 0 Å². The molecule has 3 aromatic rings. The Kier molecular flexibility index (Phi) is 5.74. The van der Waals surface area contributed by atoms with E-state index in [2.05, 4.69) is 42.3 Å². The zero-order valence-electron chi connectivity index (χ0n) is 16.6. The Morgan fingerprint density at radius 1 is 1.16 bits per heavy atom. The van der Waals surface area contributed by atoms with Crippen molar-refractivity contribution in [3.63, 3.8) is 0 Å². The van der Waals surface area contributed by atoms with Crippen LogP contribution >= 0.6 is 31.9 Å². The van der Waals surface area contributed by atoms with E-state index >= 15 is 0 Å². The van der Waals surface area contributed by atoms with Gasteiger partial charge in [0.2, 0.25) is 0 Å². The molecule has 1 heterocycles. The first-order valence-electron chi connectivity index (χ1n) is 9.39. The average molecular weight is 560 g/mol. The van der Waals surface area contributed by atoms with Gasteiger partial charge in [-0.1, -0.05) is 40.2 Å². The molecule has 4 rings (SSSR count). The molecule has 32 heavy (non-hydrogen) atoms. The summed E-state index contributed by atoms with van der Waals surface area (Å²) in [6.45, 7) is 1.72. The molecule has 0 saturated carbocycles. The zero-order valence-corrected chi connectivity index (χ0v) is 19.8. The number of nitrogens with one attached hydrogen (secondary N) is 1. The van der Waals surface area contributed by atoms with Crippen LogP contribution in [0, 0.1) is 10.1 Å². The largest absolute Gasteiger partial charge is 0.506 e. The number of non-ortho nitro benzene ring substituents is 1. The lowest BCUT2D eigenvalue weighted by Crippen LogP contribution is -2.53. The monoisotopic (exact) mass is 558 g/mol. The second kappa shape index (κ2) is 8.36. The fraction of sp³-hybridized carbons (Fsp3) is 0.0909. The summed E-state index contributed by atoms with van der Waals surface area (Å²) >= 11 is 6.65. The summed E-state index contributed by atoms with van der Waals surface area (Å²) in [6.07, 6.45) is 1.37. The molecule has 3 aromatic carbocycles. The van der Waals surface area contributed by atoms with Gasteiger partial charge in [-0.05, 0) is 47.1 Å². The van der Waals surface area contributed by atoms with Gasteiger partial charge in [0.15, 0.2) is 5.66 Å². The van der Waals surface area contributed by atoms with Crippen LogP contribution in [-0.2, 0) is 5.66 Å². The standard InChI is InChI=1S/C22H16Br2N4O4/c1-22(14-5-4-6-16(10-14)28(31)32)26-19-8-3-2-7-17(19)21(30)27(22)25-12-13-9-15(23)11-18(24)20(13)29/h2-12,26,29H,1H3/b25-12-/t22-/m0/s1. The highest BCUT2D eigenvalue weighted by molar-refractivity contribution is 9.11. The van der Waals surface area contributed by atoms with Crippen molar-refractivity contribution in [1.82, 2.24) is 5.01 Å². The molecular weight excluding hydrogens is 544 g/mol. The number of para-hydroxylation sites is 1. The number of nitro benzene ring substituents is 1. The molecule has 0 aliphatic carbocycles. The number of phenolic OH excluding ortho intramolecular Hbond substituents is 1. The van der Waals surface area contributed by atoms with E-state index in [0.29, 0.717) is 31.3 Å². The van der Waals surface area contributed by atoms with Crippen LogP contribution < -0.4 is 5.32 Å². The summed E-state index contributed by atoms with van der Waals surface area (Å²) in [5.74, 6) is -0.426. The van der Waals surface area contributed by atoms with E-state index in [-0.39, 0.29) is 11.4 Å². The first kappa shape index (κ1) is 22.0. The smallest absolute Gasteiger partial charge is 0.278 e. The zero-order chi connectivity index (χ0) is 23.0.